The van der Waals surface area contributed by atoms with E-state index in [1.165, 1.54) is 6.92 Å². The number of rotatable bonds is 2. The number of aliphatic hydroxyl groups excluding tert-OH is 1. The molecule has 0 radical (unpaired) electrons. The van der Waals surface area contributed by atoms with Crippen molar-refractivity contribution in [2.24, 2.45) is 0 Å². The Morgan fingerprint density at radius 1 is 1.67 bits per heavy atom. The van der Waals surface area contributed by atoms with E-state index in [0.717, 1.165) is 6.08 Å². The molecule has 0 amide bonds. The molecule has 0 bridgehead atoms. The fraction of sp³-hybridized carbons (Fsp3) is 0.500. The maximum Gasteiger partial charge on any atom is 0.392 e. The first kappa shape index (κ1) is 11.1. The Balaban J connectivity index is 4.12. The summed E-state index contributed by atoms with van der Waals surface area (Å²) in [6, 6.07) is 0. The minimum Gasteiger partial charge on any atom is -0.376 e. The highest BCUT2D eigenvalue weighted by Crippen LogP contribution is 2.21. The van der Waals surface area contributed by atoms with Crippen LogP contribution < -0.4 is 0 Å². The summed E-state index contributed by atoms with van der Waals surface area (Å²) in [5.41, 5.74) is 0.148. The van der Waals surface area contributed by atoms with Gasteiger partial charge in [0.05, 0.1) is 6.42 Å². The van der Waals surface area contributed by atoms with Crippen molar-refractivity contribution in [2.75, 3.05) is 0 Å². The van der Waals surface area contributed by atoms with Crippen molar-refractivity contribution < 1.29 is 18.3 Å². The van der Waals surface area contributed by atoms with Gasteiger partial charge in [-0.15, -0.1) is 6.42 Å². The molecule has 1 N–H and O–H groups in total. The molecule has 0 saturated carbocycles. The number of halogens is 3. The highest BCUT2D eigenvalue weighted by Gasteiger charge is 2.25. The molecule has 0 aliphatic carbocycles. The lowest BCUT2D eigenvalue weighted by Crippen LogP contribution is -2.08. The van der Waals surface area contributed by atoms with Gasteiger partial charge in [-0.3, -0.25) is 0 Å². The first-order valence-corrected chi connectivity index (χ1v) is 3.24. The summed E-state index contributed by atoms with van der Waals surface area (Å²) in [7, 11) is 0. The molecule has 1 nitrogen and oxygen atoms in total. The summed E-state index contributed by atoms with van der Waals surface area (Å²) in [6.45, 7) is 1.36. The predicted molar refractivity (Wildman–Crippen MR) is 39.3 cm³/mol. The summed E-state index contributed by atoms with van der Waals surface area (Å²) in [4.78, 5) is 0. The minimum atomic E-state index is -4.24. The SMILES string of the molecule is C#CC(O)C(C)=CCC(F)(F)F. The average Bonchev–Trinajstić information content (AvgIpc) is 1.97. The zero-order valence-corrected chi connectivity index (χ0v) is 6.52. The van der Waals surface area contributed by atoms with Crippen molar-refractivity contribution in [1.29, 1.82) is 0 Å². The maximum absolute atomic E-state index is 11.6. The third-order valence-corrected chi connectivity index (χ3v) is 1.24. The number of allylic oxidation sites excluding steroid dienone is 1. The fourth-order valence-corrected chi connectivity index (χ4v) is 0.520. The lowest BCUT2D eigenvalue weighted by atomic mass is 10.1. The van der Waals surface area contributed by atoms with Gasteiger partial charge in [0.15, 0.2) is 0 Å². The molecule has 0 spiro atoms. The Labute approximate surface area is 68.9 Å². The Kier molecular flexibility index (Phi) is 3.84. The molecule has 0 rings (SSSR count). The molecule has 0 aromatic carbocycles. The second-order valence-electron chi connectivity index (χ2n) is 2.34. The van der Waals surface area contributed by atoms with Crippen LogP contribution in [-0.4, -0.2) is 17.4 Å². The van der Waals surface area contributed by atoms with E-state index >= 15 is 0 Å². The molecule has 4 heteroatoms. The van der Waals surface area contributed by atoms with Gasteiger partial charge in [0.1, 0.15) is 6.10 Å². The molecular weight excluding hydrogens is 169 g/mol. The Bertz CT molecular complexity index is 209. The predicted octanol–water partition coefficient (Wildman–Crippen LogP) is 1.88. The van der Waals surface area contributed by atoms with Crippen molar-refractivity contribution in [2.45, 2.75) is 25.6 Å². The minimum absolute atomic E-state index is 0.148. The van der Waals surface area contributed by atoms with Crippen LogP contribution in [0.5, 0.6) is 0 Å². The molecule has 0 fully saturated rings. The van der Waals surface area contributed by atoms with E-state index in [1.54, 1.807) is 0 Å². The molecule has 0 aromatic heterocycles. The molecule has 0 saturated heterocycles. The van der Waals surface area contributed by atoms with Crippen LogP contribution in [0.4, 0.5) is 13.2 Å². The summed E-state index contributed by atoms with van der Waals surface area (Å²) < 4.78 is 34.8. The lowest BCUT2D eigenvalue weighted by molar-refractivity contribution is -0.125. The van der Waals surface area contributed by atoms with Gasteiger partial charge in [0, 0.05) is 0 Å². The van der Waals surface area contributed by atoms with Crippen molar-refractivity contribution >= 4 is 0 Å². The van der Waals surface area contributed by atoms with Gasteiger partial charge in [-0.05, 0) is 12.5 Å². The number of alkyl halides is 3. The second-order valence-corrected chi connectivity index (χ2v) is 2.34. The number of aliphatic hydroxyl groups is 1. The van der Waals surface area contributed by atoms with Crippen LogP contribution in [0.2, 0.25) is 0 Å². The Morgan fingerprint density at radius 3 is 2.50 bits per heavy atom. The van der Waals surface area contributed by atoms with E-state index in [-0.39, 0.29) is 5.57 Å². The van der Waals surface area contributed by atoms with Gasteiger partial charge in [-0.1, -0.05) is 12.0 Å². The second kappa shape index (κ2) is 4.17. The average molecular weight is 178 g/mol. The van der Waals surface area contributed by atoms with Crippen molar-refractivity contribution in [3.8, 4) is 12.3 Å². The number of hydrogen-bond acceptors (Lipinski definition) is 1. The zero-order chi connectivity index (χ0) is 9.78. The maximum atomic E-state index is 11.6. The highest BCUT2D eigenvalue weighted by molar-refractivity contribution is 5.16. The summed E-state index contributed by atoms with van der Waals surface area (Å²) in [5.74, 6) is 1.92. The third kappa shape index (κ3) is 4.80. The van der Waals surface area contributed by atoms with Crippen LogP contribution in [0.15, 0.2) is 11.6 Å². The molecule has 1 atom stereocenters. The molecule has 0 aliphatic heterocycles. The summed E-state index contributed by atoms with van der Waals surface area (Å²) >= 11 is 0. The van der Waals surface area contributed by atoms with Crippen molar-refractivity contribution in [3.63, 3.8) is 0 Å². The lowest BCUT2D eigenvalue weighted by Gasteiger charge is -2.05. The molecular formula is C8H9F3O. The van der Waals surface area contributed by atoms with Crippen molar-refractivity contribution in [3.05, 3.63) is 11.6 Å². The van der Waals surface area contributed by atoms with Gasteiger partial charge in [-0.2, -0.15) is 13.2 Å². The van der Waals surface area contributed by atoms with Gasteiger partial charge in [0.25, 0.3) is 0 Å². The molecule has 0 heterocycles. The number of hydrogen-bond donors (Lipinski definition) is 1. The van der Waals surface area contributed by atoms with E-state index in [4.69, 9.17) is 11.5 Å². The van der Waals surface area contributed by atoms with Crippen LogP contribution in [0, 0.1) is 12.3 Å². The molecule has 12 heavy (non-hydrogen) atoms. The normalized spacial score (nSPS) is 15.5. The van der Waals surface area contributed by atoms with Crippen LogP contribution in [0.1, 0.15) is 13.3 Å². The van der Waals surface area contributed by atoms with E-state index in [1.807, 2.05) is 5.92 Å². The summed E-state index contributed by atoms with van der Waals surface area (Å²) in [5, 5.41) is 8.85. The third-order valence-electron chi connectivity index (χ3n) is 1.24. The quantitative estimate of drug-likeness (QED) is 0.505. The largest absolute Gasteiger partial charge is 0.392 e. The fourth-order valence-electron chi connectivity index (χ4n) is 0.520. The Morgan fingerprint density at radius 2 is 2.17 bits per heavy atom. The van der Waals surface area contributed by atoms with Crippen LogP contribution >= 0.6 is 0 Å². The molecule has 1 unspecified atom stereocenters. The van der Waals surface area contributed by atoms with E-state index in [2.05, 4.69) is 0 Å². The standard InChI is InChI=1S/C8H9F3O/c1-3-7(12)6(2)4-5-8(9,10)11/h1,4,7,12H,5H2,2H3. The van der Waals surface area contributed by atoms with E-state index in [9.17, 15) is 13.2 Å². The van der Waals surface area contributed by atoms with E-state index in [0.29, 0.717) is 0 Å². The van der Waals surface area contributed by atoms with Gasteiger partial charge >= 0.3 is 6.18 Å². The number of terminal acetylenes is 1. The molecule has 68 valence electrons. The van der Waals surface area contributed by atoms with Gasteiger partial charge < -0.3 is 5.11 Å². The first-order chi connectivity index (χ1) is 5.37. The first-order valence-electron chi connectivity index (χ1n) is 3.24. The molecule has 0 aliphatic rings. The smallest absolute Gasteiger partial charge is 0.376 e. The van der Waals surface area contributed by atoms with Crippen LogP contribution in [-0.2, 0) is 0 Å². The Hall–Kier alpha value is -0.950. The van der Waals surface area contributed by atoms with Crippen LogP contribution in [0.25, 0.3) is 0 Å². The topological polar surface area (TPSA) is 20.2 Å². The highest BCUT2D eigenvalue weighted by atomic mass is 19.4. The monoisotopic (exact) mass is 178 g/mol. The van der Waals surface area contributed by atoms with E-state index < -0.39 is 18.7 Å². The molecule has 0 aromatic rings. The van der Waals surface area contributed by atoms with Crippen molar-refractivity contribution in [1.82, 2.24) is 0 Å². The van der Waals surface area contributed by atoms with Gasteiger partial charge in [-0.25, -0.2) is 0 Å². The zero-order valence-electron chi connectivity index (χ0n) is 6.52. The van der Waals surface area contributed by atoms with Crippen LogP contribution in [0.3, 0.4) is 0 Å². The van der Waals surface area contributed by atoms with Gasteiger partial charge in [0.2, 0.25) is 0 Å². The summed E-state index contributed by atoms with van der Waals surface area (Å²) in [6.07, 6.45) is -0.844.